The van der Waals surface area contributed by atoms with Crippen molar-refractivity contribution in [3.63, 3.8) is 0 Å². The second-order valence-electron chi connectivity index (χ2n) is 15.4. The Morgan fingerprint density at radius 1 is 0.353 bits per heavy atom. The lowest BCUT2D eigenvalue weighted by molar-refractivity contribution is 0.733. The molecule has 0 unspecified atom stereocenters. The summed E-state index contributed by atoms with van der Waals surface area (Å²) in [6, 6.07) is 19.4. The summed E-state index contributed by atoms with van der Waals surface area (Å²) in [4.78, 5) is 0. The SMILES string of the molecule is C[Si](C)(C)[C@@H]1C2=C([C@H]([Si](C)(C)C)c3ccccc31)[C@H]([Si](C)(C)C)c1ccccc1[C@@H]2[Si](C)(C)C. The van der Waals surface area contributed by atoms with Gasteiger partial charge in [-0.25, -0.2) is 0 Å². The normalized spacial score (nSPS) is 25.5. The van der Waals surface area contributed by atoms with Crippen molar-refractivity contribution in [1.82, 2.24) is 0 Å². The van der Waals surface area contributed by atoms with E-state index >= 15 is 0 Å². The zero-order chi connectivity index (χ0) is 25.4. The van der Waals surface area contributed by atoms with E-state index in [1.54, 1.807) is 22.3 Å². The predicted molar refractivity (Wildman–Crippen MR) is 164 cm³/mol. The van der Waals surface area contributed by atoms with Crippen molar-refractivity contribution < 1.29 is 0 Å². The van der Waals surface area contributed by atoms with E-state index in [9.17, 15) is 0 Å². The van der Waals surface area contributed by atoms with Gasteiger partial charge in [0.15, 0.2) is 0 Å². The Balaban J connectivity index is 2.24. The first-order valence-corrected chi connectivity index (χ1v) is 27.7. The van der Waals surface area contributed by atoms with E-state index in [1.807, 2.05) is 11.1 Å². The van der Waals surface area contributed by atoms with E-state index in [0.717, 1.165) is 0 Å². The van der Waals surface area contributed by atoms with Gasteiger partial charge in [0.25, 0.3) is 0 Å². The quantitative estimate of drug-likeness (QED) is 0.278. The lowest BCUT2D eigenvalue weighted by atomic mass is 9.75. The highest BCUT2D eigenvalue weighted by atomic mass is 28.3. The molecule has 0 N–H and O–H groups in total. The fourth-order valence-electron chi connectivity index (χ4n) is 7.48. The van der Waals surface area contributed by atoms with Gasteiger partial charge < -0.3 is 0 Å². The van der Waals surface area contributed by atoms with Crippen LogP contribution < -0.4 is 0 Å². The minimum absolute atomic E-state index is 0.634. The maximum absolute atomic E-state index is 2.64. The summed E-state index contributed by atoms with van der Waals surface area (Å²) in [6.45, 7) is 31.7. The molecular weight excluding hydrogens is 473 g/mol. The average Bonchev–Trinajstić information content (AvgIpc) is 2.66. The summed E-state index contributed by atoms with van der Waals surface area (Å²) in [5.41, 5.74) is 13.2. The summed E-state index contributed by atoms with van der Waals surface area (Å²) >= 11 is 0. The maximum Gasteiger partial charge on any atom is 0.0569 e. The highest BCUT2D eigenvalue weighted by Gasteiger charge is 2.54. The molecule has 0 fully saturated rings. The zero-order valence-electron chi connectivity index (χ0n) is 23.9. The minimum Gasteiger partial charge on any atom is -0.0688 e. The van der Waals surface area contributed by atoms with Gasteiger partial charge in [0.1, 0.15) is 0 Å². The summed E-state index contributed by atoms with van der Waals surface area (Å²) in [7, 11) is -6.16. The van der Waals surface area contributed by atoms with Crippen LogP contribution in [-0.4, -0.2) is 32.3 Å². The van der Waals surface area contributed by atoms with E-state index in [1.165, 1.54) is 0 Å². The second-order valence-corrected chi connectivity index (χ2v) is 36.6. The molecule has 4 rings (SSSR count). The summed E-state index contributed by atoms with van der Waals surface area (Å²) in [5, 5.41) is 0. The van der Waals surface area contributed by atoms with Gasteiger partial charge in [-0.05, 0) is 22.3 Å². The number of rotatable bonds is 4. The zero-order valence-corrected chi connectivity index (χ0v) is 27.9. The van der Waals surface area contributed by atoms with Crippen LogP contribution in [0, 0.1) is 0 Å². The summed E-state index contributed by atoms with van der Waals surface area (Å²) in [5.74, 6) is 0. The van der Waals surface area contributed by atoms with Gasteiger partial charge in [-0.3, -0.25) is 0 Å². The highest BCUT2D eigenvalue weighted by molar-refractivity contribution is 6.83. The Kier molecular flexibility index (Phi) is 6.37. The van der Waals surface area contributed by atoms with Gasteiger partial charge in [0.05, 0.1) is 32.3 Å². The van der Waals surface area contributed by atoms with Gasteiger partial charge in [-0.15, -0.1) is 0 Å². The first-order valence-electron chi connectivity index (χ1n) is 13.4. The fourth-order valence-corrected chi connectivity index (χ4v) is 17.7. The molecule has 0 aromatic heterocycles. The number of fused-ring (bicyclic) bond motifs is 2. The molecule has 0 heterocycles. The van der Waals surface area contributed by atoms with Crippen molar-refractivity contribution in [3.8, 4) is 0 Å². The molecule has 2 aromatic carbocycles. The summed E-state index contributed by atoms with van der Waals surface area (Å²) in [6.07, 6.45) is 0. The molecule has 0 bridgehead atoms. The van der Waals surface area contributed by atoms with Crippen molar-refractivity contribution >= 4 is 32.3 Å². The first-order chi connectivity index (χ1) is 15.5. The summed E-state index contributed by atoms with van der Waals surface area (Å²) < 4.78 is 0. The molecule has 0 nitrogen and oxygen atoms in total. The van der Waals surface area contributed by atoms with Gasteiger partial charge in [0.2, 0.25) is 0 Å². The van der Waals surface area contributed by atoms with Gasteiger partial charge in [0, 0.05) is 22.2 Å². The molecule has 4 atom stereocenters. The van der Waals surface area contributed by atoms with Crippen molar-refractivity contribution in [1.29, 1.82) is 0 Å². The average molecular weight is 521 g/mol. The van der Waals surface area contributed by atoms with Gasteiger partial charge in [-0.1, -0.05) is 138 Å². The Morgan fingerprint density at radius 2 is 0.529 bits per heavy atom. The molecule has 0 saturated heterocycles. The number of hydrogen-bond acceptors (Lipinski definition) is 0. The van der Waals surface area contributed by atoms with Crippen LogP contribution >= 0.6 is 0 Å². The van der Waals surface area contributed by atoms with Crippen LogP contribution in [0.3, 0.4) is 0 Å². The molecule has 34 heavy (non-hydrogen) atoms. The minimum atomic E-state index is -1.54. The molecule has 0 radical (unpaired) electrons. The Labute approximate surface area is 214 Å². The van der Waals surface area contributed by atoms with Crippen LogP contribution in [0.5, 0.6) is 0 Å². The number of benzene rings is 2. The maximum atomic E-state index is 2.64. The monoisotopic (exact) mass is 520 g/mol. The smallest absolute Gasteiger partial charge is 0.0569 e. The van der Waals surface area contributed by atoms with Crippen LogP contribution in [0.2, 0.25) is 78.6 Å². The van der Waals surface area contributed by atoms with E-state index < -0.39 is 32.3 Å². The third-order valence-electron chi connectivity index (χ3n) is 8.28. The van der Waals surface area contributed by atoms with Crippen molar-refractivity contribution in [2.24, 2.45) is 0 Å². The molecule has 0 amide bonds. The third kappa shape index (κ3) is 4.27. The first kappa shape index (κ1) is 26.1. The van der Waals surface area contributed by atoms with E-state index in [4.69, 9.17) is 0 Å². The highest BCUT2D eigenvalue weighted by Crippen LogP contribution is 2.62. The van der Waals surface area contributed by atoms with Crippen LogP contribution in [0.4, 0.5) is 0 Å². The Hall–Kier alpha value is -0.952. The number of hydrogen-bond donors (Lipinski definition) is 0. The van der Waals surface area contributed by atoms with Crippen LogP contribution in [0.25, 0.3) is 0 Å². The lowest BCUT2D eigenvalue weighted by Gasteiger charge is -2.55. The molecule has 4 heteroatoms. The second kappa shape index (κ2) is 8.29. The van der Waals surface area contributed by atoms with Crippen molar-refractivity contribution in [3.05, 3.63) is 81.9 Å². The lowest BCUT2D eigenvalue weighted by Crippen LogP contribution is -2.51. The van der Waals surface area contributed by atoms with Crippen LogP contribution in [-0.2, 0) is 0 Å². The van der Waals surface area contributed by atoms with E-state index in [2.05, 4.69) is 127 Å². The van der Waals surface area contributed by atoms with Crippen molar-refractivity contribution in [2.75, 3.05) is 0 Å². The third-order valence-corrected chi connectivity index (χ3v) is 17.7. The number of allylic oxidation sites excluding steroid dienone is 2. The molecule has 0 spiro atoms. The fraction of sp³-hybridized carbons (Fsp3) is 0.533. The molecular formula is C30H48Si4. The van der Waals surface area contributed by atoms with Crippen molar-refractivity contribution in [2.45, 2.75) is 101 Å². The standard InChI is InChI=1S/C30H48Si4/c1-31(2,3)27-21-17-13-14-18-22(21)29(33(7,8)9)26-25(27)28(32(4,5)6)23-19-15-16-20-24(23)30(26)34(10,11)12/h13-20,27-30H,1-12H3/t27-,28-,29+,30+. The largest absolute Gasteiger partial charge is 0.0688 e. The van der Waals surface area contributed by atoms with Gasteiger partial charge in [-0.2, -0.15) is 0 Å². The molecule has 184 valence electrons. The molecule has 2 aliphatic carbocycles. The predicted octanol–water partition coefficient (Wildman–Crippen LogP) is 9.55. The molecule has 0 saturated carbocycles. The Bertz CT molecular complexity index is 940. The van der Waals surface area contributed by atoms with Gasteiger partial charge >= 0.3 is 0 Å². The Morgan fingerprint density at radius 3 is 0.676 bits per heavy atom. The van der Waals surface area contributed by atoms with Crippen LogP contribution in [0.1, 0.15) is 44.4 Å². The molecule has 2 aromatic rings. The van der Waals surface area contributed by atoms with Crippen LogP contribution in [0.15, 0.2) is 59.7 Å². The van der Waals surface area contributed by atoms with E-state index in [0.29, 0.717) is 22.2 Å². The van der Waals surface area contributed by atoms with E-state index in [-0.39, 0.29) is 0 Å². The topological polar surface area (TPSA) is 0 Å². The molecule has 0 aliphatic heterocycles. The molecule has 2 aliphatic rings.